The van der Waals surface area contributed by atoms with Gasteiger partial charge in [0, 0.05) is 0 Å². The minimum Gasteiger partial charge on any atom is -0.463 e. The molecule has 2 heterocycles. The average molecular weight is 202 g/mol. The van der Waals surface area contributed by atoms with Gasteiger partial charge in [0.05, 0.1) is 5.69 Å². The quantitative estimate of drug-likeness (QED) is 0.728. The van der Waals surface area contributed by atoms with E-state index in [1.807, 2.05) is 36.4 Å². The van der Waals surface area contributed by atoms with E-state index in [0.717, 1.165) is 17.1 Å². The van der Waals surface area contributed by atoms with Gasteiger partial charge in [-0.2, -0.15) is 0 Å². The van der Waals surface area contributed by atoms with Crippen molar-refractivity contribution in [1.82, 2.24) is 5.48 Å². The molecule has 0 saturated carbocycles. The van der Waals surface area contributed by atoms with Crippen LogP contribution in [0.4, 0.5) is 5.69 Å². The molecule has 4 heteroatoms. The lowest BCUT2D eigenvalue weighted by Gasteiger charge is -2.17. The Morgan fingerprint density at radius 1 is 1.20 bits per heavy atom. The van der Waals surface area contributed by atoms with E-state index in [2.05, 4.69) is 10.8 Å². The molecular weight excluding hydrogens is 192 g/mol. The molecule has 0 aromatic heterocycles. The molecular formula is C11H10N2O2. The summed E-state index contributed by atoms with van der Waals surface area (Å²) < 4.78 is 5.69. The topological polar surface area (TPSA) is 42.5 Å². The van der Waals surface area contributed by atoms with Crippen molar-refractivity contribution in [2.75, 3.05) is 5.32 Å². The molecule has 0 radical (unpaired) electrons. The summed E-state index contributed by atoms with van der Waals surface area (Å²) in [4.78, 5) is 4.97. The third kappa shape index (κ3) is 1.40. The second-order valence-corrected chi connectivity index (χ2v) is 3.31. The second-order valence-electron chi connectivity index (χ2n) is 3.31. The maximum Gasteiger partial charge on any atom is 0.214 e. The number of hydrogen-bond donors (Lipinski definition) is 2. The highest BCUT2D eigenvalue weighted by molar-refractivity contribution is 5.61. The number of ether oxygens (including phenoxy) is 1. The Morgan fingerprint density at radius 2 is 2.13 bits per heavy atom. The van der Waals surface area contributed by atoms with Crippen LogP contribution in [0, 0.1) is 0 Å². The van der Waals surface area contributed by atoms with Gasteiger partial charge in [0.2, 0.25) is 6.23 Å². The first-order chi connectivity index (χ1) is 7.43. The fraction of sp³-hybridized carbons (Fsp3) is 0.0909. The van der Waals surface area contributed by atoms with E-state index in [0.29, 0.717) is 0 Å². The van der Waals surface area contributed by atoms with Gasteiger partial charge in [-0.25, -0.2) is 5.48 Å². The molecule has 1 unspecified atom stereocenters. The first kappa shape index (κ1) is 8.23. The van der Waals surface area contributed by atoms with E-state index in [1.165, 1.54) is 0 Å². The standard InChI is InChI=1S/C11H10N2O2/c1-2-6-10-8(4-1)12-11(15-10)9-5-3-7-14-13-9/h1-7,11-13H. The summed E-state index contributed by atoms with van der Waals surface area (Å²) in [5, 5.41) is 3.24. The van der Waals surface area contributed by atoms with Gasteiger partial charge in [0.1, 0.15) is 17.7 Å². The lowest BCUT2D eigenvalue weighted by molar-refractivity contribution is 0.132. The Bertz CT molecular complexity index is 415. The third-order valence-electron chi connectivity index (χ3n) is 2.30. The lowest BCUT2D eigenvalue weighted by atomic mass is 10.3. The zero-order valence-electron chi connectivity index (χ0n) is 7.94. The number of fused-ring (bicyclic) bond motifs is 1. The Balaban J connectivity index is 1.84. The first-order valence-electron chi connectivity index (χ1n) is 4.74. The van der Waals surface area contributed by atoms with Crippen LogP contribution in [-0.4, -0.2) is 6.23 Å². The largest absolute Gasteiger partial charge is 0.463 e. The third-order valence-corrected chi connectivity index (χ3v) is 2.30. The molecule has 0 fully saturated rings. The van der Waals surface area contributed by atoms with E-state index in [-0.39, 0.29) is 6.23 Å². The molecule has 2 aliphatic heterocycles. The smallest absolute Gasteiger partial charge is 0.214 e. The molecule has 0 saturated heterocycles. The minimum absolute atomic E-state index is 0.202. The maximum absolute atomic E-state index is 5.69. The Hall–Kier alpha value is -2.10. The van der Waals surface area contributed by atoms with Crippen molar-refractivity contribution in [2.45, 2.75) is 6.23 Å². The van der Waals surface area contributed by atoms with Gasteiger partial charge in [-0.15, -0.1) is 0 Å². The number of hydrogen-bond acceptors (Lipinski definition) is 4. The van der Waals surface area contributed by atoms with Gasteiger partial charge in [0.15, 0.2) is 0 Å². The second kappa shape index (κ2) is 3.24. The summed E-state index contributed by atoms with van der Waals surface area (Å²) >= 11 is 0. The summed E-state index contributed by atoms with van der Waals surface area (Å²) in [6.07, 6.45) is 5.10. The Labute approximate surface area is 87.1 Å². The van der Waals surface area contributed by atoms with Crippen LogP contribution in [0.5, 0.6) is 5.75 Å². The maximum atomic E-state index is 5.69. The summed E-state index contributed by atoms with van der Waals surface area (Å²) in [5.41, 5.74) is 4.64. The van der Waals surface area contributed by atoms with Crippen LogP contribution in [0.15, 0.2) is 48.4 Å². The number of allylic oxidation sites excluding steroid dienone is 2. The summed E-state index contributed by atoms with van der Waals surface area (Å²) in [6, 6.07) is 7.83. The molecule has 0 bridgehead atoms. The normalized spacial score (nSPS) is 21.6. The van der Waals surface area contributed by atoms with Gasteiger partial charge in [0.25, 0.3) is 0 Å². The average Bonchev–Trinajstić information content (AvgIpc) is 2.74. The van der Waals surface area contributed by atoms with Crippen molar-refractivity contribution in [3.63, 3.8) is 0 Å². The van der Waals surface area contributed by atoms with Gasteiger partial charge < -0.3 is 14.9 Å². The zero-order chi connectivity index (χ0) is 10.1. The number of anilines is 1. The van der Waals surface area contributed by atoms with Crippen LogP contribution in [0.25, 0.3) is 0 Å². The monoisotopic (exact) mass is 202 g/mol. The molecule has 0 spiro atoms. The van der Waals surface area contributed by atoms with Crippen LogP contribution in [-0.2, 0) is 4.84 Å². The van der Waals surface area contributed by atoms with Crippen molar-refractivity contribution < 1.29 is 9.57 Å². The van der Waals surface area contributed by atoms with Crippen molar-refractivity contribution in [2.24, 2.45) is 0 Å². The van der Waals surface area contributed by atoms with Crippen LogP contribution in [0.2, 0.25) is 0 Å². The van der Waals surface area contributed by atoms with Crippen molar-refractivity contribution in [3.05, 3.63) is 48.4 Å². The van der Waals surface area contributed by atoms with Crippen LogP contribution >= 0.6 is 0 Å². The van der Waals surface area contributed by atoms with E-state index >= 15 is 0 Å². The van der Waals surface area contributed by atoms with Crippen LogP contribution in [0.3, 0.4) is 0 Å². The lowest BCUT2D eigenvalue weighted by Crippen LogP contribution is -2.31. The fourth-order valence-corrected chi connectivity index (χ4v) is 1.59. The molecule has 1 atom stereocenters. The predicted octanol–water partition coefficient (Wildman–Crippen LogP) is 1.75. The van der Waals surface area contributed by atoms with Gasteiger partial charge in [-0.3, -0.25) is 0 Å². The molecule has 15 heavy (non-hydrogen) atoms. The molecule has 2 N–H and O–H groups in total. The molecule has 0 aliphatic carbocycles. The highest BCUT2D eigenvalue weighted by Gasteiger charge is 2.25. The number of para-hydroxylation sites is 2. The van der Waals surface area contributed by atoms with E-state index in [1.54, 1.807) is 6.26 Å². The van der Waals surface area contributed by atoms with Crippen molar-refractivity contribution >= 4 is 5.69 Å². The van der Waals surface area contributed by atoms with E-state index < -0.39 is 0 Å². The molecule has 1 aromatic rings. The SMILES string of the molecule is C1=CONC(C2Nc3ccccc3O2)=C1. The molecule has 4 nitrogen and oxygen atoms in total. The summed E-state index contributed by atoms with van der Waals surface area (Å²) in [7, 11) is 0. The molecule has 76 valence electrons. The van der Waals surface area contributed by atoms with E-state index in [9.17, 15) is 0 Å². The molecule has 0 amide bonds. The van der Waals surface area contributed by atoms with Gasteiger partial charge in [-0.05, 0) is 24.3 Å². The number of benzene rings is 1. The van der Waals surface area contributed by atoms with Crippen molar-refractivity contribution in [3.8, 4) is 5.75 Å². The minimum atomic E-state index is -0.202. The fourth-order valence-electron chi connectivity index (χ4n) is 1.59. The first-order valence-corrected chi connectivity index (χ1v) is 4.74. The number of hydroxylamine groups is 1. The van der Waals surface area contributed by atoms with Gasteiger partial charge in [-0.1, -0.05) is 12.1 Å². The van der Waals surface area contributed by atoms with Crippen LogP contribution in [0.1, 0.15) is 0 Å². The number of nitrogens with one attached hydrogen (secondary N) is 2. The molecule has 2 aliphatic rings. The summed E-state index contributed by atoms with van der Waals surface area (Å²) in [6.45, 7) is 0. The highest BCUT2D eigenvalue weighted by Crippen LogP contribution is 2.32. The summed E-state index contributed by atoms with van der Waals surface area (Å²) in [5.74, 6) is 0.861. The van der Waals surface area contributed by atoms with Crippen LogP contribution < -0.4 is 15.5 Å². The Kier molecular flexibility index (Phi) is 1.78. The molecule has 3 rings (SSSR count). The number of rotatable bonds is 1. The predicted molar refractivity (Wildman–Crippen MR) is 55.9 cm³/mol. The van der Waals surface area contributed by atoms with Crippen molar-refractivity contribution in [1.29, 1.82) is 0 Å². The van der Waals surface area contributed by atoms with Gasteiger partial charge >= 0.3 is 0 Å². The zero-order valence-corrected chi connectivity index (χ0v) is 7.94. The van der Waals surface area contributed by atoms with E-state index in [4.69, 9.17) is 9.57 Å². The highest BCUT2D eigenvalue weighted by atomic mass is 16.6. The Morgan fingerprint density at radius 3 is 2.93 bits per heavy atom. The molecule has 1 aromatic carbocycles.